The molecule has 0 spiro atoms. The predicted molar refractivity (Wildman–Crippen MR) is 121 cm³/mol. The van der Waals surface area contributed by atoms with Gasteiger partial charge >= 0.3 is 0 Å². The van der Waals surface area contributed by atoms with Crippen LogP contribution in [-0.4, -0.2) is 32.3 Å². The summed E-state index contributed by atoms with van der Waals surface area (Å²) in [5.41, 5.74) is 1.75. The normalized spacial score (nSPS) is 19.2. The van der Waals surface area contributed by atoms with Crippen molar-refractivity contribution in [1.82, 2.24) is 0 Å². The van der Waals surface area contributed by atoms with Crippen molar-refractivity contribution in [3.8, 4) is 17.2 Å². The Labute approximate surface area is 187 Å². The van der Waals surface area contributed by atoms with Gasteiger partial charge in [-0.15, -0.1) is 0 Å². The van der Waals surface area contributed by atoms with Gasteiger partial charge in [0.2, 0.25) is 18.6 Å². The van der Waals surface area contributed by atoms with E-state index in [0.717, 1.165) is 55.5 Å². The lowest BCUT2D eigenvalue weighted by molar-refractivity contribution is -0.122. The summed E-state index contributed by atoms with van der Waals surface area (Å²) in [7, 11) is 1.58. The van der Waals surface area contributed by atoms with Crippen molar-refractivity contribution in [2.75, 3.05) is 30.7 Å². The minimum Gasteiger partial charge on any atom is -0.494 e. The second kappa shape index (κ2) is 8.37. The van der Waals surface area contributed by atoms with Crippen LogP contribution in [0.3, 0.4) is 0 Å². The number of carbonyl (C=O) groups is 2. The molecule has 7 nitrogen and oxygen atoms in total. The summed E-state index contributed by atoms with van der Waals surface area (Å²) in [6.07, 6.45) is 6.11. The average Bonchev–Trinajstić information content (AvgIpc) is 3.47. The van der Waals surface area contributed by atoms with E-state index in [-0.39, 0.29) is 18.6 Å². The van der Waals surface area contributed by atoms with E-state index in [4.69, 9.17) is 14.2 Å². The molecule has 168 valence electrons. The number of methoxy groups -OCH3 is 1. The molecule has 0 atom stereocenters. The number of benzene rings is 2. The minimum absolute atomic E-state index is 0.0249. The largest absolute Gasteiger partial charge is 0.494 e. The zero-order chi connectivity index (χ0) is 22.1. The summed E-state index contributed by atoms with van der Waals surface area (Å²) < 4.78 is 16.6. The molecule has 3 aliphatic rings. The number of nitrogens with zero attached hydrogens (tertiary/aromatic N) is 1. The van der Waals surface area contributed by atoms with E-state index >= 15 is 0 Å². The fourth-order valence-corrected chi connectivity index (χ4v) is 5.13. The Balaban J connectivity index is 1.43. The highest BCUT2D eigenvalue weighted by Gasteiger charge is 2.42. The van der Waals surface area contributed by atoms with Crippen molar-refractivity contribution in [3.63, 3.8) is 0 Å². The first-order chi connectivity index (χ1) is 15.6. The lowest BCUT2D eigenvalue weighted by Crippen LogP contribution is -2.42. The minimum atomic E-state index is -0.615. The van der Waals surface area contributed by atoms with Gasteiger partial charge in [0.05, 0.1) is 18.2 Å². The standard InChI is InChI=1S/C25H28N2O5/c1-30-21-15-18(8-9-19(21)27-13-5-6-23(27)28)26-24(29)25(11-3-2-4-12-25)17-7-10-20-22(14-17)32-16-31-20/h7-10,14-15H,2-6,11-13,16H2,1H3,(H,26,29). The molecule has 1 aliphatic carbocycles. The van der Waals surface area contributed by atoms with Gasteiger partial charge in [-0.05, 0) is 49.1 Å². The Morgan fingerprint density at radius 3 is 2.59 bits per heavy atom. The second-order valence-electron chi connectivity index (χ2n) is 8.70. The highest BCUT2D eigenvalue weighted by Crippen LogP contribution is 2.44. The zero-order valence-electron chi connectivity index (χ0n) is 18.3. The SMILES string of the molecule is COc1cc(NC(=O)C2(c3ccc4c(c3)OCO4)CCCCC2)ccc1N1CCCC1=O. The molecule has 5 rings (SSSR count). The van der Waals surface area contributed by atoms with Crippen LogP contribution in [0.1, 0.15) is 50.5 Å². The average molecular weight is 437 g/mol. The summed E-state index contributed by atoms with van der Waals surface area (Å²) in [5.74, 6) is 2.07. The molecule has 32 heavy (non-hydrogen) atoms. The third kappa shape index (κ3) is 3.55. The summed E-state index contributed by atoms with van der Waals surface area (Å²) in [6, 6.07) is 11.3. The Morgan fingerprint density at radius 1 is 1.03 bits per heavy atom. The molecule has 0 unspecified atom stereocenters. The van der Waals surface area contributed by atoms with Gasteiger partial charge in [0.15, 0.2) is 11.5 Å². The van der Waals surface area contributed by atoms with Crippen LogP contribution in [0.4, 0.5) is 11.4 Å². The molecular formula is C25H28N2O5. The summed E-state index contributed by atoms with van der Waals surface area (Å²) in [5, 5.41) is 3.13. The van der Waals surface area contributed by atoms with Gasteiger partial charge in [0.25, 0.3) is 0 Å². The number of amides is 2. The highest BCUT2D eigenvalue weighted by atomic mass is 16.7. The lowest BCUT2D eigenvalue weighted by Gasteiger charge is -2.36. The number of carbonyl (C=O) groups excluding carboxylic acids is 2. The molecule has 2 heterocycles. The van der Waals surface area contributed by atoms with Crippen LogP contribution in [0.25, 0.3) is 0 Å². The number of fused-ring (bicyclic) bond motifs is 1. The summed E-state index contributed by atoms with van der Waals surface area (Å²) in [6.45, 7) is 0.901. The summed E-state index contributed by atoms with van der Waals surface area (Å²) in [4.78, 5) is 27.6. The molecule has 1 N–H and O–H groups in total. The molecule has 2 fully saturated rings. The van der Waals surface area contributed by atoms with E-state index in [9.17, 15) is 9.59 Å². The van der Waals surface area contributed by atoms with E-state index < -0.39 is 5.41 Å². The quantitative estimate of drug-likeness (QED) is 0.752. The molecule has 2 aromatic carbocycles. The van der Waals surface area contributed by atoms with E-state index in [2.05, 4.69) is 5.32 Å². The van der Waals surface area contributed by atoms with Crippen molar-refractivity contribution in [1.29, 1.82) is 0 Å². The predicted octanol–water partition coefficient (Wildman–Crippen LogP) is 4.39. The van der Waals surface area contributed by atoms with Crippen LogP contribution in [0.15, 0.2) is 36.4 Å². The van der Waals surface area contributed by atoms with Crippen LogP contribution in [0.5, 0.6) is 17.2 Å². The molecule has 1 saturated heterocycles. The Bertz CT molecular complexity index is 1040. The number of rotatable bonds is 5. The molecule has 0 aromatic heterocycles. The van der Waals surface area contributed by atoms with Gasteiger partial charge in [-0.25, -0.2) is 0 Å². The maximum Gasteiger partial charge on any atom is 0.235 e. The van der Waals surface area contributed by atoms with Crippen molar-refractivity contribution < 1.29 is 23.8 Å². The van der Waals surface area contributed by atoms with Gasteiger partial charge in [-0.2, -0.15) is 0 Å². The fraction of sp³-hybridized carbons (Fsp3) is 0.440. The van der Waals surface area contributed by atoms with Gasteiger partial charge < -0.3 is 24.4 Å². The molecule has 2 amide bonds. The van der Waals surface area contributed by atoms with Crippen molar-refractivity contribution in [2.24, 2.45) is 0 Å². The first kappa shape index (κ1) is 20.7. The Morgan fingerprint density at radius 2 is 1.84 bits per heavy atom. The number of hydrogen-bond acceptors (Lipinski definition) is 5. The monoisotopic (exact) mass is 436 g/mol. The van der Waals surface area contributed by atoms with Crippen molar-refractivity contribution in [2.45, 2.75) is 50.4 Å². The third-order valence-corrected chi connectivity index (χ3v) is 6.87. The smallest absolute Gasteiger partial charge is 0.235 e. The fourth-order valence-electron chi connectivity index (χ4n) is 5.13. The van der Waals surface area contributed by atoms with E-state index in [1.165, 1.54) is 0 Å². The highest BCUT2D eigenvalue weighted by molar-refractivity contribution is 6.01. The number of ether oxygens (including phenoxy) is 3. The third-order valence-electron chi connectivity index (χ3n) is 6.87. The van der Waals surface area contributed by atoms with Gasteiger partial charge in [0.1, 0.15) is 5.75 Å². The maximum atomic E-state index is 13.7. The van der Waals surface area contributed by atoms with Crippen LogP contribution in [0.2, 0.25) is 0 Å². The second-order valence-corrected chi connectivity index (χ2v) is 8.70. The first-order valence-corrected chi connectivity index (χ1v) is 11.3. The van der Waals surface area contributed by atoms with Crippen molar-refractivity contribution >= 4 is 23.2 Å². The van der Waals surface area contributed by atoms with Crippen LogP contribution in [-0.2, 0) is 15.0 Å². The Hall–Kier alpha value is -3.22. The summed E-state index contributed by atoms with van der Waals surface area (Å²) >= 11 is 0. The Kier molecular flexibility index (Phi) is 5.41. The maximum absolute atomic E-state index is 13.7. The molecule has 2 aliphatic heterocycles. The van der Waals surface area contributed by atoms with Crippen LogP contribution < -0.4 is 24.4 Å². The number of nitrogens with one attached hydrogen (secondary N) is 1. The van der Waals surface area contributed by atoms with Crippen LogP contribution in [0, 0.1) is 0 Å². The first-order valence-electron chi connectivity index (χ1n) is 11.3. The molecule has 1 saturated carbocycles. The van der Waals surface area contributed by atoms with Gasteiger partial charge in [-0.3, -0.25) is 9.59 Å². The van der Waals surface area contributed by atoms with E-state index in [1.54, 1.807) is 18.1 Å². The molecule has 0 radical (unpaired) electrons. The van der Waals surface area contributed by atoms with Crippen molar-refractivity contribution in [3.05, 3.63) is 42.0 Å². The molecule has 2 aromatic rings. The number of anilines is 2. The van der Waals surface area contributed by atoms with E-state index in [0.29, 0.717) is 30.2 Å². The molecule has 0 bridgehead atoms. The zero-order valence-corrected chi connectivity index (χ0v) is 18.3. The molecular weight excluding hydrogens is 408 g/mol. The topological polar surface area (TPSA) is 77.1 Å². The molecule has 7 heteroatoms. The lowest BCUT2D eigenvalue weighted by atomic mass is 9.68. The van der Waals surface area contributed by atoms with Gasteiger partial charge in [-0.1, -0.05) is 25.3 Å². The van der Waals surface area contributed by atoms with Crippen LogP contribution >= 0.6 is 0 Å². The number of hydrogen-bond donors (Lipinski definition) is 1. The van der Waals surface area contributed by atoms with E-state index in [1.807, 2.05) is 30.3 Å². The van der Waals surface area contributed by atoms with Gasteiger partial charge in [0, 0.05) is 24.7 Å².